The van der Waals surface area contributed by atoms with E-state index in [9.17, 15) is 4.79 Å². The van der Waals surface area contributed by atoms with E-state index in [0.717, 1.165) is 25.7 Å². The summed E-state index contributed by atoms with van der Waals surface area (Å²) >= 11 is 0. The van der Waals surface area contributed by atoms with Gasteiger partial charge in [0.2, 0.25) is 12.1 Å². The van der Waals surface area contributed by atoms with E-state index in [4.69, 9.17) is 25.7 Å². The Morgan fingerprint density at radius 2 is 2.05 bits per heavy atom. The van der Waals surface area contributed by atoms with Gasteiger partial charge in [-0.25, -0.2) is 9.78 Å². The molecule has 0 aromatic carbocycles. The molecule has 7 atom stereocenters. The van der Waals surface area contributed by atoms with Crippen molar-refractivity contribution in [3.8, 4) is 12.3 Å². The fourth-order valence-electron chi connectivity index (χ4n) is 4.70. The summed E-state index contributed by atoms with van der Waals surface area (Å²) in [7, 11) is 0. The second-order valence-electron chi connectivity index (χ2n) is 6.99. The molecule has 0 radical (unpaired) electrons. The molecule has 7 unspecified atom stereocenters. The molecule has 2 bridgehead atoms. The van der Waals surface area contributed by atoms with Crippen LogP contribution in [0.4, 0.5) is 0 Å². The van der Waals surface area contributed by atoms with Gasteiger partial charge in [0, 0.05) is 18.3 Å². The molecule has 1 spiro atoms. The minimum atomic E-state index is -0.846. The number of esters is 1. The van der Waals surface area contributed by atoms with E-state index in [1.54, 1.807) is 0 Å². The van der Waals surface area contributed by atoms with Gasteiger partial charge in [0.15, 0.2) is 5.60 Å². The third kappa shape index (κ3) is 1.61. The van der Waals surface area contributed by atoms with Crippen molar-refractivity contribution in [2.45, 2.75) is 57.2 Å². The van der Waals surface area contributed by atoms with Crippen LogP contribution in [-0.4, -0.2) is 23.6 Å². The maximum absolute atomic E-state index is 12.2. The fraction of sp³-hybridized carbons (Fsp3) is 0.812. The van der Waals surface area contributed by atoms with Gasteiger partial charge in [-0.3, -0.25) is 4.79 Å². The Morgan fingerprint density at radius 3 is 2.81 bits per heavy atom. The van der Waals surface area contributed by atoms with Crippen molar-refractivity contribution >= 4 is 5.97 Å². The summed E-state index contributed by atoms with van der Waals surface area (Å²) < 4.78 is 11.5. The van der Waals surface area contributed by atoms with Crippen LogP contribution in [0.25, 0.3) is 0 Å². The summed E-state index contributed by atoms with van der Waals surface area (Å²) in [6.45, 7) is 4.05. The van der Waals surface area contributed by atoms with Gasteiger partial charge in [-0.05, 0) is 32.1 Å². The number of hydrogen-bond donors (Lipinski definition) is 0. The monoisotopic (exact) mass is 292 g/mol. The SMILES string of the molecule is C#CC1C(=O)OC2OC3(C)CCC4C(C)CCC1C24OO3. The maximum atomic E-state index is 12.2. The van der Waals surface area contributed by atoms with Crippen molar-refractivity contribution in [1.29, 1.82) is 0 Å². The Kier molecular flexibility index (Phi) is 2.73. The molecule has 5 aliphatic rings. The third-order valence-electron chi connectivity index (χ3n) is 5.83. The highest BCUT2D eigenvalue weighted by molar-refractivity contribution is 5.77. The Balaban J connectivity index is 1.85. The summed E-state index contributed by atoms with van der Waals surface area (Å²) in [5.41, 5.74) is -0.751. The van der Waals surface area contributed by atoms with E-state index >= 15 is 0 Å². The second-order valence-corrected chi connectivity index (χ2v) is 6.99. The third-order valence-corrected chi connectivity index (χ3v) is 5.83. The Hall–Kier alpha value is -1.09. The fourth-order valence-corrected chi connectivity index (χ4v) is 4.70. The Morgan fingerprint density at radius 1 is 1.24 bits per heavy atom. The summed E-state index contributed by atoms with van der Waals surface area (Å²) in [6.07, 6.45) is 8.40. The van der Waals surface area contributed by atoms with Crippen LogP contribution in [-0.2, 0) is 24.0 Å². The van der Waals surface area contributed by atoms with Crippen molar-refractivity contribution in [2.24, 2.45) is 23.7 Å². The lowest BCUT2D eigenvalue weighted by molar-refractivity contribution is -0.558. The van der Waals surface area contributed by atoms with Gasteiger partial charge in [0.1, 0.15) is 5.92 Å². The normalized spacial score (nSPS) is 55.1. The highest BCUT2D eigenvalue weighted by Crippen LogP contribution is 2.59. The number of fused-ring (bicyclic) bond motifs is 2. The summed E-state index contributed by atoms with van der Waals surface area (Å²) in [4.78, 5) is 23.7. The van der Waals surface area contributed by atoms with Crippen molar-refractivity contribution in [2.75, 3.05) is 0 Å². The highest BCUT2D eigenvalue weighted by atomic mass is 17.3. The van der Waals surface area contributed by atoms with Crippen LogP contribution in [0.5, 0.6) is 0 Å². The topological polar surface area (TPSA) is 54.0 Å². The van der Waals surface area contributed by atoms with Crippen LogP contribution in [0.1, 0.15) is 39.5 Å². The number of terminal acetylenes is 1. The molecule has 1 saturated carbocycles. The lowest BCUT2D eigenvalue weighted by Gasteiger charge is -2.57. The molecule has 4 saturated heterocycles. The average Bonchev–Trinajstić information content (AvgIpc) is 2.67. The Bertz CT molecular complexity index is 525. The molecule has 114 valence electrons. The van der Waals surface area contributed by atoms with Crippen LogP contribution >= 0.6 is 0 Å². The minimum Gasteiger partial charge on any atom is -0.431 e. The van der Waals surface area contributed by atoms with Gasteiger partial charge in [-0.15, -0.1) is 6.42 Å². The van der Waals surface area contributed by atoms with E-state index in [2.05, 4.69) is 12.8 Å². The molecule has 0 amide bonds. The largest absolute Gasteiger partial charge is 0.431 e. The number of carbonyl (C=O) groups is 1. The van der Waals surface area contributed by atoms with Gasteiger partial charge in [-0.1, -0.05) is 12.8 Å². The first-order valence-corrected chi connectivity index (χ1v) is 7.71. The van der Waals surface area contributed by atoms with Crippen LogP contribution in [0.15, 0.2) is 0 Å². The number of rotatable bonds is 0. The molecule has 0 aromatic heterocycles. The van der Waals surface area contributed by atoms with Gasteiger partial charge in [0.05, 0.1) is 0 Å². The zero-order valence-corrected chi connectivity index (χ0v) is 12.3. The molecule has 1 aliphatic carbocycles. The zero-order valence-electron chi connectivity index (χ0n) is 12.3. The standard InChI is InChI=1S/C16H20O5/c1-4-10-12-6-5-9(2)11-7-8-15(3)19-14(18-13(10)17)16(11,12)21-20-15/h1,9-12,14H,5-8H2,2-3H3. The molecular formula is C16H20O5. The number of hydrogen-bond acceptors (Lipinski definition) is 5. The van der Waals surface area contributed by atoms with E-state index < -0.39 is 23.6 Å². The predicted octanol–water partition coefficient (Wildman–Crippen LogP) is 2.01. The van der Waals surface area contributed by atoms with Crippen molar-refractivity contribution in [3.05, 3.63) is 0 Å². The van der Waals surface area contributed by atoms with Gasteiger partial charge in [0.25, 0.3) is 0 Å². The Labute approximate surface area is 124 Å². The van der Waals surface area contributed by atoms with Crippen LogP contribution < -0.4 is 0 Å². The first-order valence-electron chi connectivity index (χ1n) is 7.71. The van der Waals surface area contributed by atoms with E-state index in [1.165, 1.54) is 0 Å². The van der Waals surface area contributed by atoms with Crippen LogP contribution in [0.2, 0.25) is 0 Å². The van der Waals surface area contributed by atoms with Crippen LogP contribution in [0, 0.1) is 36.0 Å². The maximum Gasteiger partial charge on any atom is 0.323 e. The molecule has 5 nitrogen and oxygen atoms in total. The zero-order chi connectivity index (χ0) is 14.8. The molecular weight excluding hydrogens is 272 g/mol. The molecule has 4 aliphatic heterocycles. The van der Waals surface area contributed by atoms with Gasteiger partial charge < -0.3 is 9.47 Å². The lowest BCUT2D eigenvalue weighted by Crippen LogP contribution is -2.69. The minimum absolute atomic E-state index is 0.0994. The number of carbonyl (C=O) groups excluding carboxylic acids is 1. The quantitative estimate of drug-likeness (QED) is 0.388. The van der Waals surface area contributed by atoms with E-state index in [1.807, 2.05) is 6.92 Å². The first kappa shape index (κ1) is 13.6. The summed E-state index contributed by atoms with van der Waals surface area (Å²) in [6, 6.07) is 0. The van der Waals surface area contributed by atoms with Crippen molar-refractivity contribution in [1.82, 2.24) is 0 Å². The molecule has 5 heteroatoms. The second kappa shape index (κ2) is 4.22. The van der Waals surface area contributed by atoms with Crippen molar-refractivity contribution in [3.63, 3.8) is 0 Å². The summed E-state index contributed by atoms with van der Waals surface area (Å²) in [5, 5.41) is 0. The number of ether oxygens (including phenoxy) is 2. The van der Waals surface area contributed by atoms with E-state index in [-0.39, 0.29) is 17.8 Å². The van der Waals surface area contributed by atoms with Gasteiger partial charge in [-0.2, -0.15) is 0 Å². The lowest BCUT2D eigenvalue weighted by atomic mass is 9.58. The molecule has 4 heterocycles. The van der Waals surface area contributed by atoms with Gasteiger partial charge >= 0.3 is 5.97 Å². The molecule has 21 heavy (non-hydrogen) atoms. The van der Waals surface area contributed by atoms with Crippen LogP contribution in [0.3, 0.4) is 0 Å². The smallest absolute Gasteiger partial charge is 0.323 e. The van der Waals surface area contributed by atoms with Crippen molar-refractivity contribution < 1.29 is 24.0 Å². The average molecular weight is 292 g/mol. The molecule has 5 fully saturated rings. The molecule has 0 aromatic rings. The first-order chi connectivity index (χ1) is 10.00. The van der Waals surface area contributed by atoms with E-state index in [0.29, 0.717) is 5.92 Å². The summed E-state index contributed by atoms with van der Waals surface area (Å²) in [5.74, 6) is 1.40. The molecule has 5 rings (SSSR count). The predicted molar refractivity (Wildman–Crippen MR) is 71.2 cm³/mol. The highest BCUT2D eigenvalue weighted by Gasteiger charge is 2.70. The molecule has 0 N–H and O–H groups in total.